The molecule has 2 N–H and O–H groups in total. The summed E-state index contributed by atoms with van der Waals surface area (Å²) in [5.74, 6) is 2.48. The first-order chi connectivity index (χ1) is 16.6. The van der Waals surface area contributed by atoms with Crippen molar-refractivity contribution in [2.45, 2.75) is 13.3 Å². The number of para-hydroxylation sites is 1. The lowest BCUT2D eigenvalue weighted by Crippen LogP contribution is -2.17. The SMILES string of the molecule is CCOc1c(/C=N\NC(=O)c2ccc3nc(Cc4ccc(OC)cc4)[nH]c3c2)cccc1OC. The highest BCUT2D eigenvalue weighted by Gasteiger charge is 2.11. The van der Waals surface area contributed by atoms with Crippen molar-refractivity contribution in [1.82, 2.24) is 15.4 Å². The lowest BCUT2D eigenvalue weighted by Gasteiger charge is -2.11. The maximum atomic E-state index is 12.6. The number of aromatic nitrogens is 2. The molecule has 0 bridgehead atoms. The number of hydrogen-bond acceptors (Lipinski definition) is 6. The van der Waals surface area contributed by atoms with Gasteiger partial charge in [0.1, 0.15) is 11.6 Å². The molecule has 8 heteroatoms. The number of carbonyl (C=O) groups is 1. The molecule has 0 unspecified atom stereocenters. The van der Waals surface area contributed by atoms with Crippen LogP contribution < -0.4 is 19.6 Å². The Balaban J connectivity index is 1.46. The number of carbonyl (C=O) groups excluding carboxylic acids is 1. The van der Waals surface area contributed by atoms with Gasteiger partial charge in [0.2, 0.25) is 0 Å². The van der Waals surface area contributed by atoms with Gasteiger partial charge < -0.3 is 19.2 Å². The lowest BCUT2D eigenvalue weighted by atomic mass is 10.1. The van der Waals surface area contributed by atoms with E-state index in [1.807, 2.05) is 55.5 Å². The second kappa shape index (κ2) is 10.5. The Morgan fingerprint density at radius 3 is 2.65 bits per heavy atom. The summed E-state index contributed by atoms with van der Waals surface area (Å²) in [6, 6.07) is 18.6. The normalized spacial score (nSPS) is 11.0. The molecule has 0 atom stereocenters. The molecule has 0 aliphatic rings. The van der Waals surface area contributed by atoms with Gasteiger partial charge in [-0.3, -0.25) is 4.79 Å². The second-order valence-electron chi connectivity index (χ2n) is 7.45. The maximum Gasteiger partial charge on any atom is 0.271 e. The van der Waals surface area contributed by atoms with Crippen molar-refractivity contribution in [3.8, 4) is 17.2 Å². The molecule has 1 amide bonds. The number of aromatic amines is 1. The van der Waals surface area contributed by atoms with Crippen molar-refractivity contribution in [1.29, 1.82) is 0 Å². The van der Waals surface area contributed by atoms with Crippen molar-refractivity contribution in [3.05, 3.63) is 83.2 Å². The quantitative estimate of drug-likeness (QED) is 0.287. The van der Waals surface area contributed by atoms with Gasteiger partial charge in [-0.2, -0.15) is 5.10 Å². The van der Waals surface area contributed by atoms with Gasteiger partial charge in [0.25, 0.3) is 5.91 Å². The summed E-state index contributed by atoms with van der Waals surface area (Å²) in [6.45, 7) is 2.38. The average Bonchev–Trinajstić information content (AvgIpc) is 3.27. The molecule has 3 aromatic carbocycles. The molecule has 0 aliphatic carbocycles. The summed E-state index contributed by atoms with van der Waals surface area (Å²) in [5.41, 5.74) is 6.42. The van der Waals surface area contributed by atoms with Gasteiger partial charge in [0, 0.05) is 17.5 Å². The highest BCUT2D eigenvalue weighted by Crippen LogP contribution is 2.30. The molecule has 174 valence electrons. The largest absolute Gasteiger partial charge is 0.497 e. The zero-order chi connectivity index (χ0) is 23.9. The third kappa shape index (κ3) is 5.17. The number of hydrazone groups is 1. The number of methoxy groups -OCH3 is 2. The van der Waals surface area contributed by atoms with E-state index >= 15 is 0 Å². The number of H-pyrrole nitrogens is 1. The summed E-state index contributed by atoms with van der Waals surface area (Å²) in [5, 5.41) is 4.10. The molecule has 0 spiro atoms. The minimum Gasteiger partial charge on any atom is -0.497 e. The van der Waals surface area contributed by atoms with Gasteiger partial charge in [-0.15, -0.1) is 0 Å². The Morgan fingerprint density at radius 2 is 1.91 bits per heavy atom. The number of nitrogens with one attached hydrogen (secondary N) is 2. The van der Waals surface area contributed by atoms with Crippen LogP contribution in [0.3, 0.4) is 0 Å². The number of nitrogens with zero attached hydrogens (tertiary/aromatic N) is 2. The van der Waals surface area contributed by atoms with E-state index in [0.717, 1.165) is 28.2 Å². The van der Waals surface area contributed by atoms with Crippen LogP contribution in [0.1, 0.15) is 34.2 Å². The van der Waals surface area contributed by atoms with Crippen LogP contribution in [0.4, 0.5) is 0 Å². The lowest BCUT2D eigenvalue weighted by molar-refractivity contribution is 0.0955. The van der Waals surface area contributed by atoms with E-state index in [-0.39, 0.29) is 5.91 Å². The van der Waals surface area contributed by atoms with Gasteiger partial charge in [-0.25, -0.2) is 10.4 Å². The third-order valence-corrected chi connectivity index (χ3v) is 5.21. The van der Waals surface area contributed by atoms with E-state index in [1.54, 1.807) is 26.4 Å². The van der Waals surface area contributed by atoms with E-state index in [0.29, 0.717) is 35.7 Å². The Labute approximate surface area is 197 Å². The molecule has 0 fully saturated rings. The van der Waals surface area contributed by atoms with Crippen molar-refractivity contribution in [3.63, 3.8) is 0 Å². The summed E-state index contributed by atoms with van der Waals surface area (Å²) in [4.78, 5) is 20.6. The molecule has 1 aromatic heterocycles. The monoisotopic (exact) mass is 458 g/mol. The number of amides is 1. The molecule has 34 heavy (non-hydrogen) atoms. The smallest absolute Gasteiger partial charge is 0.271 e. The fraction of sp³-hybridized carbons (Fsp3) is 0.192. The minimum absolute atomic E-state index is 0.328. The van der Waals surface area contributed by atoms with Gasteiger partial charge in [0.15, 0.2) is 11.5 Å². The number of imidazole rings is 1. The highest BCUT2D eigenvalue weighted by molar-refractivity contribution is 5.98. The molecule has 1 heterocycles. The van der Waals surface area contributed by atoms with Crippen LogP contribution in [0.15, 0.2) is 65.8 Å². The second-order valence-corrected chi connectivity index (χ2v) is 7.45. The van der Waals surface area contributed by atoms with Crippen LogP contribution in [0.25, 0.3) is 11.0 Å². The van der Waals surface area contributed by atoms with Crippen LogP contribution in [-0.2, 0) is 6.42 Å². The molecule has 0 saturated heterocycles. The van der Waals surface area contributed by atoms with Crippen molar-refractivity contribution >= 4 is 23.2 Å². The summed E-state index contributed by atoms with van der Waals surface area (Å²) in [7, 11) is 3.22. The maximum absolute atomic E-state index is 12.6. The van der Waals surface area contributed by atoms with E-state index in [9.17, 15) is 4.79 Å². The molecule has 0 aliphatic heterocycles. The Kier molecular flexibility index (Phi) is 7.07. The van der Waals surface area contributed by atoms with Crippen LogP contribution >= 0.6 is 0 Å². The van der Waals surface area contributed by atoms with E-state index in [2.05, 4.69) is 20.5 Å². The van der Waals surface area contributed by atoms with Gasteiger partial charge >= 0.3 is 0 Å². The van der Waals surface area contributed by atoms with Crippen LogP contribution in [-0.4, -0.2) is 42.9 Å². The summed E-state index contributed by atoms with van der Waals surface area (Å²) in [6.07, 6.45) is 2.18. The van der Waals surface area contributed by atoms with Gasteiger partial charge in [-0.05, 0) is 55.0 Å². The molecule has 8 nitrogen and oxygen atoms in total. The first kappa shape index (κ1) is 22.8. The molecule has 0 radical (unpaired) electrons. The fourth-order valence-electron chi connectivity index (χ4n) is 3.54. The predicted molar refractivity (Wildman–Crippen MR) is 131 cm³/mol. The number of fused-ring (bicyclic) bond motifs is 1. The van der Waals surface area contributed by atoms with Crippen molar-refractivity contribution in [2.75, 3.05) is 20.8 Å². The van der Waals surface area contributed by atoms with Crippen molar-refractivity contribution in [2.24, 2.45) is 5.10 Å². The first-order valence-electron chi connectivity index (χ1n) is 10.9. The fourth-order valence-corrected chi connectivity index (χ4v) is 3.54. The number of ether oxygens (including phenoxy) is 3. The first-order valence-corrected chi connectivity index (χ1v) is 10.9. The summed E-state index contributed by atoms with van der Waals surface area (Å²) < 4.78 is 16.2. The minimum atomic E-state index is -0.328. The molecule has 0 saturated carbocycles. The molecule has 4 rings (SSSR count). The zero-order valence-electron chi connectivity index (χ0n) is 19.3. The Morgan fingerprint density at radius 1 is 1.09 bits per heavy atom. The van der Waals surface area contributed by atoms with Crippen molar-refractivity contribution < 1.29 is 19.0 Å². The topological polar surface area (TPSA) is 97.8 Å². The van der Waals surface area contributed by atoms with Gasteiger partial charge in [-0.1, -0.05) is 18.2 Å². The van der Waals surface area contributed by atoms with Crippen LogP contribution in [0.5, 0.6) is 17.2 Å². The van der Waals surface area contributed by atoms with E-state index in [4.69, 9.17) is 14.2 Å². The van der Waals surface area contributed by atoms with Crippen LogP contribution in [0.2, 0.25) is 0 Å². The van der Waals surface area contributed by atoms with E-state index < -0.39 is 0 Å². The molecule has 4 aromatic rings. The van der Waals surface area contributed by atoms with Crippen LogP contribution in [0, 0.1) is 0 Å². The highest BCUT2D eigenvalue weighted by atomic mass is 16.5. The average molecular weight is 459 g/mol. The molecular weight excluding hydrogens is 432 g/mol. The zero-order valence-corrected chi connectivity index (χ0v) is 19.3. The number of hydrogen-bond donors (Lipinski definition) is 2. The standard InChI is InChI=1S/C26H26N4O4/c1-4-34-25-19(6-5-7-23(25)33-3)16-27-30-26(31)18-10-13-21-22(15-18)29-24(28-21)14-17-8-11-20(32-2)12-9-17/h5-13,15-16H,4,14H2,1-3H3,(H,28,29)(H,30,31)/b27-16-. The number of benzene rings is 3. The third-order valence-electron chi connectivity index (χ3n) is 5.21. The predicted octanol–water partition coefficient (Wildman–Crippen LogP) is 4.33. The van der Waals surface area contributed by atoms with E-state index in [1.165, 1.54) is 6.21 Å². The Hall–Kier alpha value is -4.33. The Bertz CT molecular complexity index is 1310. The van der Waals surface area contributed by atoms with Gasteiger partial charge in [0.05, 0.1) is 38.1 Å². The summed E-state index contributed by atoms with van der Waals surface area (Å²) >= 11 is 0. The molecular formula is C26H26N4O4. The number of rotatable bonds is 9.